The molecule has 0 aromatic carbocycles. The number of anilines is 1. The SMILES string of the molecule is Nc1ccnc(SCC(=O)O)n1. The highest BCUT2D eigenvalue weighted by Gasteiger charge is 2.01. The largest absolute Gasteiger partial charge is 0.481 e. The Morgan fingerprint density at radius 1 is 1.75 bits per heavy atom. The number of nitrogens with two attached hydrogens (primary N) is 1. The molecule has 6 heteroatoms. The summed E-state index contributed by atoms with van der Waals surface area (Å²) in [6.45, 7) is 0. The first-order valence-electron chi connectivity index (χ1n) is 3.11. The lowest BCUT2D eigenvalue weighted by Crippen LogP contribution is -2.00. The maximum Gasteiger partial charge on any atom is 0.313 e. The second-order valence-corrected chi connectivity index (χ2v) is 2.89. The molecule has 0 bridgehead atoms. The Bertz CT molecular complexity index is 292. The van der Waals surface area contributed by atoms with E-state index < -0.39 is 5.97 Å². The molecule has 64 valence electrons. The van der Waals surface area contributed by atoms with E-state index in [2.05, 4.69) is 9.97 Å². The predicted molar refractivity (Wildman–Crippen MR) is 44.8 cm³/mol. The van der Waals surface area contributed by atoms with Crippen LogP contribution in [0, 0.1) is 0 Å². The highest BCUT2D eigenvalue weighted by atomic mass is 32.2. The topological polar surface area (TPSA) is 89.1 Å². The molecule has 0 aliphatic rings. The summed E-state index contributed by atoms with van der Waals surface area (Å²) in [4.78, 5) is 17.8. The van der Waals surface area contributed by atoms with Gasteiger partial charge in [0.15, 0.2) is 5.16 Å². The summed E-state index contributed by atoms with van der Waals surface area (Å²) in [5.74, 6) is -0.604. The summed E-state index contributed by atoms with van der Waals surface area (Å²) in [6.07, 6.45) is 1.49. The molecular weight excluding hydrogens is 178 g/mol. The average molecular weight is 185 g/mol. The molecular formula is C6H7N3O2S. The van der Waals surface area contributed by atoms with Gasteiger partial charge >= 0.3 is 5.97 Å². The quantitative estimate of drug-likeness (QED) is 0.517. The van der Waals surface area contributed by atoms with E-state index >= 15 is 0 Å². The number of hydrogen-bond donors (Lipinski definition) is 2. The molecule has 0 spiro atoms. The van der Waals surface area contributed by atoms with Crippen LogP contribution in [0.1, 0.15) is 0 Å². The van der Waals surface area contributed by atoms with Crippen molar-refractivity contribution in [2.75, 3.05) is 11.5 Å². The van der Waals surface area contributed by atoms with Crippen LogP contribution in [0.4, 0.5) is 5.82 Å². The van der Waals surface area contributed by atoms with E-state index in [1.807, 2.05) is 0 Å². The Hall–Kier alpha value is -1.30. The molecule has 0 saturated carbocycles. The summed E-state index contributed by atoms with van der Waals surface area (Å²) in [5, 5.41) is 8.72. The lowest BCUT2D eigenvalue weighted by atomic mass is 10.6. The summed E-state index contributed by atoms with van der Waals surface area (Å²) >= 11 is 1.04. The predicted octanol–water partition coefficient (Wildman–Crippen LogP) is 0.235. The smallest absolute Gasteiger partial charge is 0.313 e. The van der Waals surface area contributed by atoms with E-state index in [0.29, 0.717) is 11.0 Å². The second-order valence-electron chi connectivity index (χ2n) is 1.95. The Kier molecular flexibility index (Phi) is 2.87. The van der Waals surface area contributed by atoms with Crippen LogP contribution in [0.2, 0.25) is 0 Å². The van der Waals surface area contributed by atoms with E-state index in [4.69, 9.17) is 10.8 Å². The van der Waals surface area contributed by atoms with Crippen LogP contribution >= 0.6 is 11.8 Å². The number of carboxylic acid groups (broad SMARTS) is 1. The molecule has 0 aliphatic carbocycles. The van der Waals surface area contributed by atoms with Gasteiger partial charge in [0.1, 0.15) is 5.82 Å². The normalized spacial score (nSPS) is 9.67. The highest BCUT2D eigenvalue weighted by Crippen LogP contribution is 2.12. The molecule has 0 atom stereocenters. The highest BCUT2D eigenvalue weighted by molar-refractivity contribution is 7.99. The second kappa shape index (κ2) is 3.91. The van der Waals surface area contributed by atoms with E-state index in [9.17, 15) is 4.79 Å². The van der Waals surface area contributed by atoms with Gasteiger partial charge in [-0.1, -0.05) is 11.8 Å². The fraction of sp³-hybridized carbons (Fsp3) is 0.167. The molecule has 0 unspecified atom stereocenters. The first-order chi connectivity index (χ1) is 5.68. The van der Waals surface area contributed by atoms with Gasteiger partial charge in [0, 0.05) is 6.20 Å². The van der Waals surface area contributed by atoms with Crippen molar-refractivity contribution in [3.63, 3.8) is 0 Å². The number of nitrogens with zero attached hydrogens (tertiary/aromatic N) is 2. The number of thioether (sulfide) groups is 1. The van der Waals surface area contributed by atoms with E-state index in [1.54, 1.807) is 6.07 Å². The van der Waals surface area contributed by atoms with Crippen molar-refractivity contribution in [2.24, 2.45) is 0 Å². The van der Waals surface area contributed by atoms with Crippen LogP contribution in [-0.2, 0) is 4.79 Å². The first kappa shape index (κ1) is 8.79. The third kappa shape index (κ3) is 2.75. The summed E-state index contributed by atoms with van der Waals surface area (Å²) in [6, 6.07) is 1.55. The van der Waals surface area contributed by atoms with Crippen molar-refractivity contribution in [1.82, 2.24) is 9.97 Å². The minimum Gasteiger partial charge on any atom is -0.481 e. The van der Waals surface area contributed by atoms with E-state index in [1.165, 1.54) is 6.20 Å². The van der Waals surface area contributed by atoms with Crippen LogP contribution in [0.3, 0.4) is 0 Å². The van der Waals surface area contributed by atoms with Crippen molar-refractivity contribution in [3.05, 3.63) is 12.3 Å². The van der Waals surface area contributed by atoms with Gasteiger partial charge in [-0.05, 0) is 6.07 Å². The van der Waals surface area contributed by atoms with Crippen molar-refractivity contribution >= 4 is 23.5 Å². The molecule has 1 heterocycles. The number of carboxylic acids is 1. The van der Waals surface area contributed by atoms with Crippen LogP contribution in [0.25, 0.3) is 0 Å². The molecule has 0 radical (unpaired) electrons. The zero-order chi connectivity index (χ0) is 8.97. The monoisotopic (exact) mass is 185 g/mol. The third-order valence-corrected chi connectivity index (χ3v) is 1.83. The number of hydrogen-bond acceptors (Lipinski definition) is 5. The van der Waals surface area contributed by atoms with Gasteiger partial charge in [-0.2, -0.15) is 0 Å². The van der Waals surface area contributed by atoms with Crippen molar-refractivity contribution in [1.29, 1.82) is 0 Å². The molecule has 0 fully saturated rings. The van der Waals surface area contributed by atoms with Crippen molar-refractivity contribution in [2.45, 2.75) is 5.16 Å². The zero-order valence-electron chi connectivity index (χ0n) is 6.10. The minimum absolute atomic E-state index is 0.0521. The molecule has 0 aliphatic heterocycles. The molecule has 12 heavy (non-hydrogen) atoms. The van der Waals surface area contributed by atoms with Gasteiger partial charge in [0.05, 0.1) is 5.75 Å². The Morgan fingerprint density at radius 3 is 3.08 bits per heavy atom. The van der Waals surface area contributed by atoms with E-state index in [-0.39, 0.29) is 5.75 Å². The van der Waals surface area contributed by atoms with Gasteiger partial charge in [-0.15, -0.1) is 0 Å². The number of aliphatic carboxylic acids is 1. The van der Waals surface area contributed by atoms with Gasteiger partial charge < -0.3 is 10.8 Å². The summed E-state index contributed by atoms with van der Waals surface area (Å²) in [5.41, 5.74) is 5.35. The summed E-state index contributed by atoms with van der Waals surface area (Å²) in [7, 11) is 0. The molecule has 1 rings (SSSR count). The van der Waals surface area contributed by atoms with E-state index in [0.717, 1.165) is 11.8 Å². The first-order valence-corrected chi connectivity index (χ1v) is 4.10. The average Bonchev–Trinajstić information content (AvgIpc) is 2.01. The summed E-state index contributed by atoms with van der Waals surface area (Å²) < 4.78 is 0. The van der Waals surface area contributed by atoms with Crippen LogP contribution in [0.5, 0.6) is 0 Å². The van der Waals surface area contributed by atoms with Gasteiger partial charge in [-0.3, -0.25) is 4.79 Å². The number of rotatable bonds is 3. The van der Waals surface area contributed by atoms with Crippen molar-refractivity contribution in [3.8, 4) is 0 Å². The van der Waals surface area contributed by atoms with Gasteiger partial charge in [0.25, 0.3) is 0 Å². The maximum absolute atomic E-state index is 10.1. The van der Waals surface area contributed by atoms with Gasteiger partial charge in [-0.25, -0.2) is 9.97 Å². The fourth-order valence-corrected chi connectivity index (χ4v) is 1.11. The molecule has 3 N–H and O–H groups in total. The molecule has 1 aromatic rings. The van der Waals surface area contributed by atoms with Crippen LogP contribution in [0.15, 0.2) is 17.4 Å². The zero-order valence-corrected chi connectivity index (χ0v) is 6.91. The molecule has 1 aromatic heterocycles. The Morgan fingerprint density at radius 2 is 2.50 bits per heavy atom. The Labute approximate surface area is 73.0 Å². The number of carbonyl (C=O) groups is 1. The molecule has 5 nitrogen and oxygen atoms in total. The lowest BCUT2D eigenvalue weighted by Gasteiger charge is -1.96. The fourth-order valence-electron chi connectivity index (χ4n) is 0.550. The van der Waals surface area contributed by atoms with Gasteiger partial charge in [0.2, 0.25) is 0 Å². The number of nitrogen functional groups attached to an aromatic ring is 1. The molecule has 0 amide bonds. The van der Waals surface area contributed by atoms with Crippen molar-refractivity contribution < 1.29 is 9.90 Å². The minimum atomic E-state index is -0.897. The third-order valence-electron chi connectivity index (χ3n) is 0.980. The van der Waals surface area contributed by atoms with Crippen LogP contribution in [-0.4, -0.2) is 26.8 Å². The van der Waals surface area contributed by atoms with Crippen LogP contribution < -0.4 is 5.73 Å². The standard InChI is InChI=1S/C6H7N3O2S/c7-4-1-2-8-6(9-4)12-3-5(10)11/h1-2H,3H2,(H,10,11)(H2,7,8,9). The Balaban J connectivity index is 2.57. The number of aromatic nitrogens is 2. The lowest BCUT2D eigenvalue weighted by molar-refractivity contribution is -0.133. The maximum atomic E-state index is 10.1. The molecule has 0 saturated heterocycles.